The van der Waals surface area contributed by atoms with E-state index in [1.807, 2.05) is 60.7 Å². The van der Waals surface area contributed by atoms with Gasteiger partial charge in [0.05, 0.1) is 6.21 Å². The molecular weight excluding hydrogens is 381 g/mol. The summed E-state index contributed by atoms with van der Waals surface area (Å²) in [6.07, 6.45) is 1.55. The lowest BCUT2D eigenvalue weighted by atomic mass is 10.2. The summed E-state index contributed by atoms with van der Waals surface area (Å²) in [4.78, 5) is 13.1. The van der Waals surface area contributed by atoms with Crippen LogP contribution in [0.25, 0.3) is 0 Å². The summed E-state index contributed by atoms with van der Waals surface area (Å²) < 4.78 is 13.0. The van der Waals surface area contributed by atoms with Gasteiger partial charge in [0.25, 0.3) is 0 Å². The topological polar surface area (TPSA) is 87.1 Å². The van der Waals surface area contributed by atoms with Crippen molar-refractivity contribution < 1.29 is 4.39 Å². The summed E-state index contributed by atoms with van der Waals surface area (Å²) in [5.74, 6) is 0.661. The lowest BCUT2D eigenvalue weighted by Crippen LogP contribution is -2.07. The summed E-state index contributed by atoms with van der Waals surface area (Å²) in [6, 6.07) is 25.1. The molecule has 4 rings (SSSR count). The Bertz CT molecular complexity index is 1060. The first kappa shape index (κ1) is 19.0. The van der Waals surface area contributed by atoms with Gasteiger partial charge in [0.15, 0.2) is 0 Å². The Morgan fingerprint density at radius 3 is 1.67 bits per heavy atom. The van der Waals surface area contributed by atoms with E-state index in [2.05, 4.69) is 36.1 Å². The first-order valence-corrected chi connectivity index (χ1v) is 9.19. The molecule has 0 bridgehead atoms. The van der Waals surface area contributed by atoms with Gasteiger partial charge in [-0.25, -0.2) is 9.82 Å². The molecule has 4 aromatic rings. The quantitative estimate of drug-likeness (QED) is 0.301. The summed E-state index contributed by atoms with van der Waals surface area (Å²) in [5.41, 5.74) is 5.22. The zero-order valence-corrected chi connectivity index (χ0v) is 15.8. The smallest absolute Gasteiger partial charge is 0.250 e. The third kappa shape index (κ3) is 5.35. The van der Waals surface area contributed by atoms with Crippen molar-refractivity contribution in [2.24, 2.45) is 5.10 Å². The molecule has 0 radical (unpaired) electrons. The van der Waals surface area contributed by atoms with Crippen LogP contribution in [0.1, 0.15) is 5.56 Å². The lowest BCUT2D eigenvalue weighted by Gasteiger charge is -2.10. The second kappa shape index (κ2) is 9.24. The van der Waals surface area contributed by atoms with Gasteiger partial charge in [-0.05, 0) is 42.0 Å². The van der Waals surface area contributed by atoms with Crippen LogP contribution in [0.15, 0.2) is 90.0 Å². The van der Waals surface area contributed by atoms with Crippen molar-refractivity contribution in [2.45, 2.75) is 0 Å². The molecule has 0 unspecified atom stereocenters. The Hall–Kier alpha value is -4.33. The van der Waals surface area contributed by atoms with Crippen molar-refractivity contribution in [3.63, 3.8) is 0 Å². The van der Waals surface area contributed by atoms with Crippen molar-refractivity contribution in [3.8, 4) is 0 Å². The molecule has 0 spiro atoms. The predicted octanol–water partition coefficient (Wildman–Crippen LogP) is 4.94. The lowest BCUT2D eigenvalue weighted by molar-refractivity contribution is 0.628. The number of nitrogens with zero attached hydrogens (tertiary/aromatic N) is 4. The molecule has 0 fully saturated rings. The summed E-state index contributed by atoms with van der Waals surface area (Å²) >= 11 is 0. The standard InChI is InChI=1S/C22H18FN7/c23-17-13-11-16(12-14-17)15-24-30-22-28-20(25-18-7-3-1-4-8-18)27-21(29-22)26-19-9-5-2-6-10-19/h1-15H,(H3,25,26,27,28,29,30)/b24-15-. The first-order valence-electron chi connectivity index (χ1n) is 9.19. The highest BCUT2D eigenvalue weighted by atomic mass is 19.1. The monoisotopic (exact) mass is 399 g/mol. The number of benzene rings is 3. The fourth-order valence-corrected chi connectivity index (χ4v) is 2.55. The van der Waals surface area contributed by atoms with Crippen LogP contribution in [0.2, 0.25) is 0 Å². The average Bonchev–Trinajstić information content (AvgIpc) is 2.76. The van der Waals surface area contributed by atoms with E-state index in [9.17, 15) is 4.39 Å². The van der Waals surface area contributed by atoms with Gasteiger partial charge in [-0.2, -0.15) is 20.1 Å². The molecule has 3 aromatic carbocycles. The Balaban J connectivity index is 1.56. The second-order valence-corrected chi connectivity index (χ2v) is 6.21. The van der Waals surface area contributed by atoms with Crippen LogP contribution < -0.4 is 16.1 Å². The molecule has 0 atom stereocenters. The zero-order chi connectivity index (χ0) is 20.6. The zero-order valence-electron chi connectivity index (χ0n) is 15.8. The van der Waals surface area contributed by atoms with Gasteiger partial charge in [-0.1, -0.05) is 48.5 Å². The highest BCUT2D eigenvalue weighted by molar-refractivity contribution is 5.79. The van der Waals surface area contributed by atoms with Gasteiger partial charge < -0.3 is 10.6 Å². The van der Waals surface area contributed by atoms with Crippen molar-refractivity contribution in [3.05, 3.63) is 96.3 Å². The van der Waals surface area contributed by atoms with E-state index < -0.39 is 0 Å². The fraction of sp³-hybridized carbons (Fsp3) is 0. The molecule has 0 aliphatic carbocycles. The minimum absolute atomic E-state index is 0.250. The molecule has 1 aromatic heterocycles. The van der Waals surface area contributed by atoms with E-state index in [0.717, 1.165) is 16.9 Å². The van der Waals surface area contributed by atoms with Gasteiger partial charge in [0.2, 0.25) is 17.8 Å². The molecule has 0 amide bonds. The predicted molar refractivity (Wildman–Crippen MR) is 117 cm³/mol. The first-order chi connectivity index (χ1) is 14.7. The number of hydrogen-bond acceptors (Lipinski definition) is 7. The molecule has 0 saturated heterocycles. The van der Waals surface area contributed by atoms with E-state index in [1.165, 1.54) is 12.1 Å². The minimum atomic E-state index is -0.300. The van der Waals surface area contributed by atoms with Gasteiger partial charge in [-0.15, -0.1) is 0 Å². The Morgan fingerprint density at radius 1 is 0.633 bits per heavy atom. The summed E-state index contributed by atoms with van der Waals surface area (Å²) in [6.45, 7) is 0. The van der Waals surface area contributed by atoms with Crippen LogP contribution in [-0.4, -0.2) is 21.2 Å². The number of hydrazone groups is 1. The molecule has 8 heteroatoms. The number of hydrogen-bond donors (Lipinski definition) is 3. The Kier molecular flexibility index (Phi) is 5.86. The maximum absolute atomic E-state index is 13.0. The van der Waals surface area contributed by atoms with Gasteiger partial charge in [0, 0.05) is 11.4 Å². The van der Waals surface area contributed by atoms with Crippen LogP contribution in [0, 0.1) is 5.82 Å². The molecule has 7 nitrogen and oxygen atoms in total. The SMILES string of the molecule is Fc1ccc(/C=N\Nc2nc(Nc3ccccc3)nc(Nc3ccccc3)n2)cc1. The van der Waals surface area contributed by atoms with Gasteiger partial charge in [0.1, 0.15) is 5.82 Å². The summed E-state index contributed by atoms with van der Waals surface area (Å²) in [7, 11) is 0. The average molecular weight is 399 g/mol. The Morgan fingerprint density at radius 2 is 1.13 bits per heavy atom. The van der Waals surface area contributed by atoms with E-state index in [-0.39, 0.29) is 11.8 Å². The highest BCUT2D eigenvalue weighted by Gasteiger charge is 2.07. The van der Waals surface area contributed by atoms with E-state index in [0.29, 0.717) is 11.9 Å². The van der Waals surface area contributed by atoms with E-state index >= 15 is 0 Å². The molecule has 0 aliphatic rings. The maximum Gasteiger partial charge on any atom is 0.250 e. The Labute approximate surface area is 172 Å². The largest absolute Gasteiger partial charge is 0.324 e. The molecule has 0 aliphatic heterocycles. The number of nitrogens with one attached hydrogen (secondary N) is 3. The number of aromatic nitrogens is 3. The minimum Gasteiger partial charge on any atom is -0.324 e. The van der Waals surface area contributed by atoms with Crippen molar-refractivity contribution >= 4 is 35.4 Å². The number of anilines is 5. The number of rotatable bonds is 7. The molecule has 148 valence electrons. The molecule has 1 heterocycles. The van der Waals surface area contributed by atoms with Crippen LogP contribution in [0.4, 0.5) is 33.6 Å². The van der Waals surface area contributed by atoms with Gasteiger partial charge in [-0.3, -0.25) is 0 Å². The van der Waals surface area contributed by atoms with Crippen LogP contribution in [-0.2, 0) is 0 Å². The van der Waals surface area contributed by atoms with Crippen LogP contribution in [0.5, 0.6) is 0 Å². The summed E-state index contributed by atoms with van der Waals surface area (Å²) in [5, 5.41) is 10.4. The third-order valence-corrected chi connectivity index (χ3v) is 3.94. The fourth-order valence-electron chi connectivity index (χ4n) is 2.55. The number of halogens is 1. The van der Waals surface area contributed by atoms with E-state index in [1.54, 1.807) is 18.3 Å². The van der Waals surface area contributed by atoms with E-state index in [4.69, 9.17) is 0 Å². The highest BCUT2D eigenvalue weighted by Crippen LogP contribution is 2.18. The normalized spacial score (nSPS) is 10.7. The second-order valence-electron chi connectivity index (χ2n) is 6.21. The van der Waals surface area contributed by atoms with Crippen LogP contribution >= 0.6 is 0 Å². The van der Waals surface area contributed by atoms with Crippen LogP contribution in [0.3, 0.4) is 0 Å². The van der Waals surface area contributed by atoms with Gasteiger partial charge >= 0.3 is 0 Å². The molecule has 3 N–H and O–H groups in total. The van der Waals surface area contributed by atoms with Crippen molar-refractivity contribution in [1.29, 1.82) is 0 Å². The maximum atomic E-state index is 13.0. The number of para-hydroxylation sites is 2. The third-order valence-electron chi connectivity index (χ3n) is 3.94. The van der Waals surface area contributed by atoms with Crippen molar-refractivity contribution in [2.75, 3.05) is 16.1 Å². The molecule has 30 heavy (non-hydrogen) atoms. The molecular formula is C22H18FN7. The van der Waals surface area contributed by atoms with Crippen molar-refractivity contribution in [1.82, 2.24) is 15.0 Å². The molecule has 0 saturated carbocycles.